The predicted octanol–water partition coefficient (Wildman–Crippen LogP) is 6.20. The number of ketones is 1. The fraction of sp³-hybridized carbons (Fsp3) is 0.276. The number of allylic oxidation sites excluding steroid dienone is 1. The molecule has 5 heteroatoms. The van der Waals surface area contributed by atoms with Gasteiger partial charge in [-0.1, -0.05) is 103 Å². The molecule has 4 nitrogen and oxygen atoms in total. The number of hydrogen-bond acceptors (Lipinski definition) is 4. The van der Waals surface area contributed by atoms with Crippen molar-refractivity contribution in [2.75, 3.05) is 13.2 Å². The van der Waals surface area contributed by atoms with Crippen molar-refractivity contribution in [1.29, 1.82) is 0 Å². The quantitative estimate of drug-likeness (QED) is 0.216. The third-order valence-corrected chi connectivity index (χ3v) is 6.85. The average Bonchev–Trinajstić information content (AvgIpc) is 2.92. The summed E-state index contributed by atoms with van der Waals surface area (Å²) < 4.78 is 11.7. The molecule has 1 N–H and O–H groups in total. The fourth-order valence-electron chi connectivity index (χ4n) is 4.79. The Morgan fingerprint density at radius 3 is 1.76 bits per heavy atom. The van der Waals surface area contributed by atoms with Crippen molar-refractivity contribution in [2.45, 2.75) is 31.3 Å². The Bertz CT molecular complexity index is 960. The monoisotopic (exact) mass is 474 g/mol. The molecule has 4 rings (SSSR count). The summed E-state index contributed by atoms with van der Waals surface area (Å²) in [6.07, 6.45) is 5.61. The zero-order chi connectivity index (χ0) is 23.6. The van der Waals surface area contributed by atoms with E-state index in [2.05, 4.69) is 78.9 Å². The molecule has 0 bridgehead atoms. The number of benzene rings is 3. The van der Waals surface area contributed by atoms with E-state index in [0.717, 1.165) is 42.4 Å². The summed E-state index contributed by atoms with van der Waals surface area (Å²) in [7, 11) is -0.631. The highest BCUT2D eigenvalue weighted by Crippen LogP contribution is 2.40. The lowest BCUT2D eigenvalue weighted by Crippen LogP contribution is -2.33. The van der Waals surface area contributed by atoms with Crippen molar-refractivity contribution >= 4 is 14.8 Å². The third kappa shape index (κ3) is 5.71. The molecule has 34 heavy (non-hydrogen) atoms. The highest BCUT2D eigenvalue weighted by atomic mass is 31.1. The van der Waals surface area contributed by atoms with Gasteiger partial charge in [0.1, 0.15) is 12.2 Å². The number of carbonyl (C=O) groups is 1. The minimum absolute atomic E-state index is 0.00944. The van der Waals surface area contributed by atoms with Crippen LogP contribution in [0.3, 0.4) is 0 Å². The smallest absolute Gasteiger partial charge is 0.162 e. The lowest BCUT2D eigenvalue weighted by Gasteiger charge is -2.36. The molecule has 176 valence electrons. The molecule has 0 aliphatic heterocycles. The zero-order valence-corrected chi connectivity index (χ0v) is 20.2. The minimum Gasteiger partial charge on any atom is -0.357 e. The van der Waals surface area contributed by atoms with E-state index in [0.29, 0.717) is 6.61 Å². The van der Waals surface area contributed by atoms with Crippen molar-refractivity contribution in [1.82, 2.24) is 0 Å². The first-order chi connectivity index (χ1) is 16.7. The van der Waals surface area contributed by atoms with E-state index in [-0.39, 0.29) is 18.3 Å². The first-order valence-electron chi connectivity index (χ1n) is 11.8. The van der Waals surface area contributed by atoms with Gasteiger partial charge in [-0.25, -0.2) is 0 Å². The van der Waals surface area contributed by atoms with Crippen molar-refractivity contribution < 1.29 is 18.9 Å². The summed E-state index contributed by atoms with van der Waals surface area (Å²) in [6, 6.07) is 31.1. The third-order valence-electron chi connectivity index (χ3n) is 6.57. The van der Waals surface area contributed by atoms with Crippen LogP contribution in [-0.2, 0) is 19.7 Å². The lowest BCUT2D eigenvalue weighted by atomic mass is 9.80. The van der Waals surface area contributed by atoms with Gasteiger partial charge in [0.05, 0.1) is 6.61 Å². The Labute approximate surface area is 203 Å². The standard InChI is InChI=1S/C29H31O4P/c30-28(22-33-34-31)24-18-16-23(17-19-24)20-21-32-29(25-10-4-1-5-11-25,26-12-6-2-7-13-26)27-14-8-3-9-15-27/h1-15,20,24,31,34H,16-19,21-22H2. The average molecular weight is 475 g/mol. The molecule has 1 fully saturated rings. The van der Waals surface area contributed by atoms with Crippen LogP contribution in [0.25, 0.3) is 0 Å². The Morgan fingerprint density at radius 1 is 0.853 bits per heavy atom. The van der Waals surface area contributed by atoms with Crippen LogP contribution in [0.4, 0.5) is 0 Å². The molecule has 0 saturated heterocycles. The lowest BCUT2D eigenvalue weighted by molar-refractivity contribution is -0.125. The summed E-state index contributed by atoms with van der Waals surface area (Å²) >= 11 is 0. The number of Topliss-reactive ketones (excluding diaryl/α,β-unsaturated/α-hetero) is 1. The van der Waals surface area contributed by atoms with Gasteiger partial charge in [-0.2, -0.15) is 0 Å². The summed E-state index contributed by atoms with van der Waals surface area (Å²) in [5.41, 5.74) is 3.87. The van der Waals surface area contributed by atoms with E-state index in [1.807, 2.05) is 18.2 Å². The van der Waals surface area contributed by atoms with Gasteiger partial charge in [0.15, 0.2) is 14.8 Å². The molecule has 1 unspecified atom stereocenters. The van der Waals surface area contributed by atoms with E-state index < -0.39 is 14.6 Å². The molecule has 0 spiro atoms. The Kier molecular flexibility index (Phi) is 8.79. The molecule has 1 aliphatic rings. The van der Waals surface area contributed by atoms with E-state index in [1.54, 1.807) is 0 Å². The van der Waals surface area contributed by atoms with E-state index in [9.17, 15) is 4.79 Å². The second kappa shape index (κ2) is 12.2. The number of ether oxygens (including phenoxy) is 1. The van der Waals surface area contributed by atoms with Crippen molar-refractivity contribution in [2.24, 2.45) is 5.92 Å². The second-order valence-electron chi connectivity index (χ2n) is 8.57. The molecule has 0 heterocycles. The molecule has 0 amide bonds. The fourth-order valence-corrected chi connectivity index (χ4v) is 5.00. The normalized spacial score (nSPS) is 16.6. The Balaban J connectivity index is 1.57. The Hall–Kier alpha value is -2.62. The zero-order valence-electron chi connectivity index (χ0n) is 19.2. The number of rotatable bonds is 10. The molecule has 0 aromatic heterocycles. The molecular weight excluding hydrogens is 443 g/mol. The van der Waals surface area contributed by atoms with Gasteiger partial charge in [0, 0.05) is 5.92 Å². The van der Waals surface area contributed by atoms with Crippen molar-refractivity contribution in [3.63, 3.8) is 0 Å². The molecule has 0 radical (unpaired) electrons. The molecule has 3 aromatic rings. The van der Waals surface area contributed by atoms with Crippen LogP contribution < -0.4 is 0 Å². The highest BCUT2D eigenvalue weighted by molar-refractivity contribution is 7.25. The van der Waals surface area contributed by atoms with Gasteiger partial charge in [-0.15, -0.1) is 0 Å². The maximum Gasteiger partial charge on any atom is 0.162 e. The SMILES string of the molecule is O=C(COPO)C1CCC(=CCOC(c2ccccc2)(c2ccccc2)c2ccccc2)CC1. The second-order valence-corrected chi connectivity index (χ2v) is 9.04. The summed E-state index contributed by atoms with van der Waals surface area (Å²) in [6.45, 7) is 0.483. The maximum absolute atomic E-state index is 12.2. The summed E-state index contributed by atoms with van der Waals surface area (Å²) in [5.74, 6) is 0.111. The first-order valence-corrected chi connectivity index (χ1v) is 12.6. The molecule has 3 aromatic carbocycles. The van der Waals surface area contributed by atoms with Crippen molar-refractivity contribution in [3.05, 3.63) is 119 Å². The van der Waals surface area contributed by atoms with Gasteiger partial charge in [-0.3, -0.25) is 4.79 Å². The van der Waals surface area contributed by atoms with Crippen LogP contribution in [0.2, 0.25) is 0 Å². The summed E-state index contributed by atoms with van der Waals surface area (Å²) in [4.78, 5) is 21.0. The predicted molar refractivity (Wildman–Crippen MR) is 137 cm³/mol. The molecular formula is C29H31O4P. The van der Waals surface area contributed by atoms with Crippen LogP contribution in [0.5, 0.6) is 0 Å². The van der Waals surface area contributed by atoms with Crippen LogP contribution in [0.1, 0.15) is 42.4 Å². The molecule has 1 atom stereocenters. The van der Waals surface area contributed by atoms with E-state index in [4.69, 9.17) is 14.2 Å². The summed E-state index contributed by atoms with van der Waals surface area (Å²) in [5, 5.41) is 0. The van der Waals surface area contributed by atoms with Gasteiger partial charge in [0.25, 0.3) is 0 Å². The molecule has 1 aliphatic carbocycles. The highest BCUT2D eigenvalue weighted by Gasteiger charge is 2.37. The van der Waals surface area contributed by atoms with Gasteiger partial charge < -0.3 is 14.2 Å². The first kappa shape index (κ1) is 24.5. The topological polar surface area (TPSA) is 55.8 Å². The van der Waals surface area contributed by atoms with Crippen LogP contribution >= 0.6 is 9.03 Å². The largest absolute Gasteiger partial charge is 0.357 e. The maximum atomic E-state index is 12.2. The van der Waals surface area contributed by atoms with Crippen molar-refractivity contribution in [3.8, 4) is 0 Å². The Morgan fingerprint density at radius 2 is 1.32 bits per heavy atom. The van der Waals surface area contributed by atoms with Crippen LogP contribution in [0.15, 0.2) is 103 Å². The van der Waals surface area contributed by atoms with Gasteiger partial charge in [0.2, 0.25) is 0 Å². The number of hydrogen-bond donors (Lipinski definition) is 1. The van der Waals surface area contributed by atoms with E-state index in [1.165, 1.54) is 5.57 Å². The van der Waals surface area contributed by atoms with Gasteiger partial charge in [-0.05, 0) is 42.4 Å². The minimum atomic E-state index is -0.726. The number of carbonyl (C=O) groups excluding carboxylic acids is 1. The molecule has 1 saturated carbocycles. The van der Waals surface area contributed by atoms with Crippen LogP contribution in [0, 0.1) is 5.92 Å². The van der Waals surface area contributed by atoms with E-state index >= 15 is 0 Å². The van der Waals surface area contributed by atoms with Gasteiger partial charge >= 0.3 is 0 Å². The van der Waals surface area contributed by atoms with Crippen LogP contribution in [-0.4, -0.2) is 23.9 Å².